The number of hydrogen-bond acceptors (Lipinski definition) is 2. The van der Waals surface area contributed by atoms with E-state index in [-0.39, 0.29) is 24.0 Å². The molecule has 0 saturated heterocycles. The number of amides is 3. The van der Waals surface area contributed by atoms with Crippen molar-refractivity contribution in [1.82, 2.24) is 10.6 Å². The molecular weight excluding hydrogens is 314 g/mol. The quantitative estimate of drug-likeness (QED) is 0.768. The molecule has 0 heterocycles. The minimum atomic E-state index is -0.229. The minimum Gasteiger partial charge on any atom is -0.332 e. The first-order valence-corrected chi connectivity index (χ1v) is 8.37. The van der Waals surface area contributed by atoms with Crippen molar-refractivity contribution >= 4 is 17.6 Å². The van der Waals surface area contributed by atoms with Crippen LogP contribution in [0.25, 0.3) is 0 Å². The van der Waals surface area contributed by atoms with Crippen molar-refractivity contribution in [3.8, 4) is 0 Å². The third kappa shape index (κ3) is 5.35. The van der Waals surface area contributed by atoms with Crippen LogP contribution in [0.1, 0.15) is 49.5 Å². The number of nitrogens with one attached hydrogen (secondary N) is 3. The van der Waals surface area contributed by atoms with Gasteiger partial charge in [0.05, 0.1) is 12.1 Å². The summed E-state index contributed by atoms with van der Waals surface area (Å²) in [4.78, 5) is 23.5. The summed E-state index contributed by atoms with van der Waals surface area (Å²) in [5, 5.41) is 8.64. The standard InChI is InChI=1S/C20H25N3O2/c1-13-8-5-6-11-19(13)15(3)22-20(25)21-14(2)17-9-7-10-18(12-17)23-16(4)24/h5-12,14-15H,1-4H3,(H,23,24)(H2,21,22,25)/t14-,15+/m0/s1. The molecule has 5 heteroatoms. The molecule has 3 N–H and O–H groups in total. The zero-order valence-electron chi connectivity index (χ0n) is 15.1. The van der Waals surface area contributed by atoms with Crippen molar-refractivity contribution in [3.05, 3.63) is 65.2 Å². The summed E-state index contributed by atoms with van der Waals surface area (Å²) in [5.41, 5.74) is 3.88. The average molecular weight is 339 g/mol. The van der Waals surface area contributed by atoms with Crippen molar-refractivity contribution in [1.29, 1.82) is 0 Å². The van der Waals surface area contributed by atoms with Gasteiger partial charge in [-0.1, -0.05) is 36.4 Å². The van der Waals surface area contributed by atoms with Crippen molar-refractivity contribution in [2.75, 3.05) is 5.32 Å². The average Bonchev–Trinajstić information content (AvgIpc) is 2.54. The fourth-order valence-electron chi connectivity index (χ4n) is 2.76. The lowest BCUT2D eigenvalue weighted by Gasteiger charge is -2.20. The maximum Gasteiger partial charge on any atom is 0.315 e. The molecule has 2 rings (SSSR count). The molecule has 2 aromatic carbocycles. The molecule has 0 bridgehead atoms. The predicted octanol–water partition coefficient (Wildman–Crippen LogP) is 4.07. The number of carbonyl (C=O) groups is 2. The Morgan fingerprint density at radius 1 is 0.920 bits per heavy atom. The van der Waals surface area contributed by atoms with Gasteiger partial charge >= 0.3 is 6.03 Å². The van der Waals surface area contributed by atoms with Gasteiger partial charge in [-0.25, -0.2) is 4.79 Å². The molecule has 2 aromatic rings. The second-order valence-corrected chi connectivity index (χ2v) is 6.22. The Morgan fingerprint density at radius 3 is 2.28 bits per heavy atom. The first-order valence-electron chi connectivity index (χ1n) is 8.37. The SMILES string of the molecule is CC(=O)Nc1cccc([C@H](C)NC(=O)N[C@H](C)c2ccccc2C)c1. The summed E-state index contributed by atoms with van der Waals surface area (Å²) in [6.07, 6.45) is 0. The third-order valence-electron chi connectivity index (χ3n) is 4.06. The Hall–Kier alpha value is -2.82. The van der Waals surface area contributed by atoms with Crippen LogP contribution in [0.5, 0.6) is 0 Å². The molecule has 0 radical (unpaired) electrons. The van der Waals surface area contributed by atoms with Crippen LogP contribution in [-0.4, -0.2) is 11.9 Å². The molecule has 0 aliphatic heterocycles. The Kier molecular flexibility index (Phi) is 6.17. The third-order valence-corrected chi connectivity index (χ3v) is 4.06. The van der Waals surface area contributed by atoms with Crippen molar-refractivity contribution in [2.24, 2.45) is 0 Å². The van der Waals surface area contributed by atoms with Crippen molar-refractivity contribution < 1.29 is 9.59 Å². The van der Waals surface area contributed by atoms with Gasteiger partial charge in [0.2, 0.25) is 5.91 Å². The van der Waals surface area contributed by atoms with E-state index in [1.165, 1.54) is 6.92 Å². The van der Waals surface area contributed by atoms with Gasteiger partial charge in [0, 0.05) is 12.6 Å². The highest BCUT2D eigenvalue weighted by molar-refractivity contribution is 5.88. The highest BCUT2D eigenvalue weighted by atomic mass is 16.2. The van der Waals surface area contributed by atoms with E-state index in [2.05, 4.69) is 16.0 Å². The highest BCUT2D eigenvalue weighted by Crippen LogP contribution is 2.19. The number of hydrogen-bond donors (Lipinski definition) is 3. The molecule has 2 atom stereocenters. The molecule has 0 unspecified atom stereocenters. The zero-order valence-corrected chi connectivity index (χ0v) is 15.1. The Labute approximate surface area is 148 Å². The Balaban J connectivity index is 1.98. The molecule has 132 valence electrons. The van der Waals surface area contributed by atoms with Gasteiger partial charge < -0.3 is 16.0 Å². The van der Waals surface area contributed by atoms with Gasteiger partial charge in [-0.3, -0.25) is 4.79 Å². The molecule has 0 saturated carbocycles. The van der Waals surface area contributed by atoms with Crippen LogP contribution < -0.4 is 16.0 Å². The summed E-state index contributed by atoms with van der Waals surface area (Å²) < 4.78 is 0. The lowest BCUT2D eigenvalue weighted by Crippen LogP contribution is -2.38. The first kappa shape index (κ1) is 18.5. The monoisotopic (exact) mass is 339 g/mol. The molecule has 0 aliphatic rings. The van der Waals surface area contributed by atoms with Crippen LogP contribution in [0.4, 0.5) is 10.5 Å². The number of carbonyl (C=O) groups excluding carboxylic acids is 2. The van der Waals surface area contributed by atoms with Crippen molar-refractivity contribution in [3.63, 3.8) is 0 Å². The molecule has 5 nitrogen and oxygen atoms in total. The van der Waals surface area contributed by atoms with Crippen molar-refractivity contribution in [2.45, 2.75) is 39.8 Å². The molecule has 25 heavy (non-hydrogen) atoms. The second-order valence-electron chi connectivity index (χ2n) is 6.22. The van der Waals surface area contributed by atoms with E-state index in [0.717, 1.165) is 16.7 Å². The minimum absolute atomic E-state index is 0.0842. The van der Waals surface area contributed by atoms with E-state index in [1.807, 2.05) is 69.3 Å². The van der Waals surface area contributed by atoms with Gasteiger partial charge in [-0.2, -0.15) is 0 Å². The van der Waals surface area contributed by atoms with Crippen LogP contribution in [0, 0.1) is 6.92 Å². The summed E-state index contributed by atoms with van der Waals surface area (Å²) >= 11 is 0. The smallest absolute Gasteiger partial charge is 0.315 e. The maximum absolute atomic E-state index is 12.3. The van der Waals surface area contributed by atoms with Gasteiger partial charge in [-0.15, -0.1) is 0 Å². The lowest BCUT2D eigenvalue weighted by molar-refractivity contribution is -0.114. The van der Waals surface area contributed by atoms with Crippen LogP contribution in [0.3, 0.4) is 0 Å². The fraction of sp³-hybridized carbons (Fsp3) is 0.300. The van der Waals surface area contributed by atoms with E-state index < -0.39 is 0 Å². The highest BCUT2D eigenvalue weighted by Gasteiger charge is 2.14. The van der Waals surface area contributed by atoms with E-state index in [9.17, 15) is 9.59 Å². The zero-order chi connectivity index (χ0) is 18.4. The second kappa shape index (κ2) is 8.33. The molecular formula is C20H25N3O2. The number of anilines is 1. The first-order chi connectivity index (χ1) is 11.9. The molecule has 3 amide bonds. The van der Waals surface area contributed by atoms with E-state index >= 15 is 0 Å². The van der Waals surface area contributed by atoms with Crippen LogP contribution in [0.2, 0.25) is 0 Å². The van der Waals surface area contributed by atoms with E-state index in [4.69, 9.17) is 0 Å². The topological polar surface area (TPSA) is 70.2 Å². The Bertz CT molecular complexity index is 758. The van der Waals surface area contributed by atoms with Gasteiger partial charge in [0.15, 0.2) is 0 Å². The normalized spacial score (nSPS) is 12.8. The molecule has 0 aliphatic carbocycles. The number of aryl methyl sites for hydroxylation is 1. The van der Waals surface area contributed by atoms with Gasteiger partial charge in [-0.05, 0) is 49.6 Å². The molecule has 0 spiro atoms. The number of urea groups is 1. The van der Waals surface area contributed by atoms with E-state index in [0.29, 0.717) is 5.69 Å². The summed E-state index contributed by atoms with van der Waals surface area (Å²) in [5.74, 6) is -0.123. The summed E-state index contributed by atoms with van der Waals surface area (Å²) in [6, 6.07) is 14.9. The summed E-state index contributed by atoms with van der Waals surface area (Å²) in [6.45, 7) is 7.37. The summed E-state index contributed by atoms with van der Waals surface area (Å²) in [7, 11) is 0. The predicted molar refractivity (Wildman–Crippen MR) is 100 cm³/mol. The van der Waals surface area contributed by atoms with E-state index in [1.54, 1.807) is 0 Å². The lowest BCUT2D eigenvalue weighted by atomic mass is 10.0. The molecule has 0 aromatic heterocycles. The van der Waals surface area contributed by atoms with Crippen LogP contribution in [0.15, 0.2) is 48.5 Å². The molecule has 0 fully saturated rings. The maximum atomic E-state index is 12.3. The van der Waals surface area contributed by atoms with Crippen LogP contribution in [-0.2, 0) is 4.79 Å². The van der Waals surface area contributed by atoms with Gasteiger partial charge in [0.1, 0.15) is 0 Å². The largest absolute Gasteiger partial charge is 0.332 e. The number of benzene rings is 2. The fourth-order valence-corrected chi connectivity index (χ4v) is 2.76. The number of rotatable bonds is 5. The Morgan fingerprint density at radius 2 is 1.60 bits per heavy atom. The van der Waals surface area contributed by atoms with Gasteiger partial charge in [0.25, 0.3) is 0 Å². The van der Waals surface area contributed by atoms with Crippen LogP contribution >= 0.6 is 0 Å².